The second-order valence-electron chi connectivity index (χ2n) is 12.2. The van der Waals surface area contributed by atoms with Crippen LogP contribution in [0.15, 0.2) is 67.3 Å². The zero-order valence-electron chi connectivity index (χ0n) is 23.2. The van der Waals surface area contributed by atoms with Crippen LogP contribution in [0.25, 0.3) is 22.3 Å². The molecular weight excluding hydrogens is 505 g/mol. The number of hydrogen-bond acceptors (Lipinski definition) is 1. The molecule has 1 aliphatic heterocycles. The van der Waals surface area contributed by atoms with E-state index < -0.39 is 11.6 Å². The van der Waals surface area contributed by atoms with Crippen molar-refractivity contribution >= 4 is 0 Å². The Balaban J connectivity index is 1.07. The van der Waals surface area contributed by atoms with Gasteiger partial charge in [0.15, 0.2) is 11.6 Å². The van der Waals surface area contributed by atoms with Crippen LogP contribution in [-0.2, 0) is 4.74 Å². The summed E-state index contributed by atoms with van der Waals surface area (Å²) in [5.74, 6) is 1.06. The zero-order chi connectivity index (χ0) is 27.6. The highest BCUT2D eigenvalue weighted by atomic mass is 19.2. The van der Waals surface area contributed by atoms with Gasteiger partial charge in [0.1, 0.15) is 11.9 Å². The van der Waals surface area contributed by atoms with Crippen molar-refractivity contribution in [1.82, 2.24) is 0 Å². The van der Waals surface area contributed by atoms with E-state index in [2.05, 4.69) is 18.7 Å². The van der Waals surface area contributed by atoms with Gasteiger partial charge in [-0.25, -0.2) is 13.2 Å². The zero-order valence-corrected chi connectivity index (χ0v) is 23.2. The van der Waals surface area contributed by atoms with Crippen molar-refractivity contribution in [2.75, 3.05) is 6.61 Å². The van der Waals surface area contributed by atoms with E-state index in [-0.39, 0.29) is 23.0 Å². The minimum atomic E-state index is -0.873. The smallest absolute Gasteiger partial charge is 0.167 e. The summed E-state index contributed by atoms with van der Waals surface area (Å²) in [7, 11) is 0. The molecule has 2 saturated carbocycles. The molecule has 3 fully saturated rings. The van der Waals surface area contributed by atoms with Gasteiger partial charge in [-0.1, -0.05) is 67.4 Å². The summed E-state index contributed by atoms with van der Waals surface area (Å²) in [5.41, 5.74) is 3.37. The third-order valence-corrected chi connectivity index (χ3v) is 9.87. The van der Waals surface area contributed by atoms with E-state index in [0.29, 0.717) is 23.7 Å². The maximum absolute atomic E-state index is 15.3. The molecule has 1 atom stereocenters. The molecule has 4 heteroatoms. The van der Waals surface area contributed by atoms with Gasteiger partial charge in [-0.15, -0.1) is 6.58 Å². The molecule has 0 N–H and O–H groups in total. The molecule has 1 unspecified atom stereocenters. The summed E-state index contributed by atoms with van der Waals surface area (Å²) < 4.78 is 49.6. The van der Waals surface area contributed by atoms with Gasteiger partial charge in [0.2, 0.25) is 0 Å². The molecule has 0 aromatic heterocycles. The van der Waals surface area contributed by atoms with E-state index >= 15 is 4.39 Å². The van der Waals surface area contributed by atoms with Gasteiger partial charge in [0.05, 0.1) is 6.61 Å². The number of rotatable bonds is 8. The molecule has 3 aromatic rings. The Labute approximate surface area is 236 Å². The van der Waals surface area contributed by atoms with Gasteiger partial charge in [-0.05, 0) is 97.8 Å². The second-order valence-corrected chi connectivity index (χ2v) is 12.2. The minimum absolute atomic E-state index is 0.195. The average molecular weight is 545 g/mol. The number of halogens is 3. The van der Waals surface area contributed by atoms with Gasteiger partial charge < -0.3 is 4.74 Å². The van der Waals surface area contributed by atoms with Crippen molar-refractivity contribution in [2.45, 2.75) is 76.2 Å². The van der Waals surface area contributed by atoms with Crippen LogP contribution < -0.4 is 0 Å². The summed E-state index contributed by atoms with van der Waals surface area (Å²) in [6.07, 6.45) is 14.5. The lowest BCUT2D eigenvalue weighted by atomic mass is 9.68. The lowest BCUT2D eigenvalue weighted by Gasteiger charge is -2.38. The van der Waals surface area contributed by atoms with E-state index in [1.165, 1.54) is 44.9 Å². The highest BCUT2D eigenvalue weighted by Crippen LogP contribution is 2.45. The third-order valence-electron chi connectivity index (χ3n) is 9.87. The van der Waals surface area contributed by atoms with Crippen molar-refractivity contribution in [3.8, 4) is 22.3 Å². The quantitative estimate of drug-likeness (QED) is 0.203. The predicted octanol–water partition coefficient (Wildman–Crippen LogP) is 10.6. The molecule has 0 bridgehead atoms. The normalized spacial score (nSPS) is 26.4. The Morgan fingerprint density at radius 1 is 0.725 bits per heavy atom. The van der Waals surface area contributed by atoms with Crippen molar-refractivity contribution < 1.29 is 17.9 Å². The van der Waals surface area contributed by atoms with Gasteiger partial charge >= 0.3 is 0 Å². The van der Waals surface area contributed by atoms with Gasteiger partial charge in [0, 0.05) is 16.7 Å². The standard InChI is InChI=1S/C36H39F3O/c1-2-3-4-23-5-7-24(8-6-23)25-9-11-26(12-10-25)29-17-18-30(33(37)21-29)27-13-15-28(16-14-27)31-19-20-32(34-22-40-34)36(39)35(31)38/h2,13-21,23-26,34H,1,3-12,22H2. The molecule has 0 spiro atoms. The highest BCUT2D eigenvalue weighted by Gasteiger charge is 2.32. The SMILES string of the molecule is C=CCCC1CCC(C2CCC(c3ccc(-c4ccc(-c5ccc(C6CO6)c(F)c5F)cc4)c(F)c3)CC2)CC1. The van der Waals surface area contributed by atoms with Gasteiger partial charge in [0.25, 0.3) is 0 Å². The van der Waals surface area contributed by atoms with Crippen molar-refractivity contribution in [3.05, 3.63) is 95.8 Å². The number of epoxide rings is 1. The summed E-state index contributed by atoms with van der Waals surface area (Å²) in [6, 6.07) is 15.8. The molecular formula is C36H39F3O. The minimum Gasteiger partial charge on any atom is -0.368 e. The molecule has 6 rings (SSSR count). The molecule has 0 radical (unpaired) electrons. The Hall–Kier alpha value is -2.85. The van der Waals surface area contributed by atoms with E-state index in [4.69, 9.17) is 4.74 Å². The summed E-state index contributed by atoms with van der Waals surface area (Å²) in [6.45, 7) is 4.29. The molecule has 1 saturated heterocycles. The van der Waals surface area contributed by atoms with Gasteiger partial charge in [-0.2, -0.15) is 0 Å². The Kier molecular flexibility index (Phi) is 8.16. The molecule has 210 valence electrons. The van der Waals surface area contributed by atoms with Crippen LogP contribution in [0.2, 0.25) is 0 Å². The third kappa shape index (κ3) is 5.79. The molecule has 3 aromatic carbocycles. The van der Waals surface area contributed by atoms with Crippen molar-refractivity contribution in [3.63, 3.8) is 0 Å². The predicted molar refractivity (Wildman–Crippen MR) is 155 cm³/mol. The van der Waals surface area contributed by atoms with E-state index in [9.17, 15) is 8.78 Å². The molecule has 1 nitrogen and oxygen atoms in total. The summed E-state index contributed by atoms with van der Waals surface area (Å²) in [4.78, 5) is 0. The first kappa shape index (κ1) is 27.3. The van der Waals surface area contributed by atoms with Crippen molar-refractivity contribution in [1.29, 1.82) is 0 Å². The monoisotopic (exact) mass is 544 g/mol. The van der Waals surface area contributed by atoms with E-state index in [1.54, 1.807) is 42.5 Å². The average Bonchev–Trinajstić information content (AvgIpc) is 3.84. The van der Waals surface area contributed by atoms with Crippen LogP contribution in [0.3, 0.4) is 0 Å². The fourth-order valence-electron chi connectivity index (χ4n) is 7.34. The van der Waals surface area contributed by atoms with Crippen LogP contribution in [0.5, 0.6) is 0 Å². The number of ether oxygens (including phenoxy) is 1. The lowest BCUT2D eigenvalue weighted by molar-refractivity contribution is 0.157. The first-order valence-corrected chi connectivity index (χ1v) is 15.1. The van der Waals surface area contributed by atoms with Crippen LogP contribution in [-0.4, -0.2) is 6.61 Å². The Bertz CT molecular complexity index is 1330. The number of benzene rings is 3. The van der Waals surface area contributed by atoms with Gasteiger partial charge in [-0.3, -0.25) is 0 Å². The highest BCUT2D eigenvalue weighted by molar-refractivity contribution is 5.71. The first-order valence-electron chi connectivity index (χ1n) is 15.1. The Morgan fingerprint density at radius 3 is 1.93 bits per heavy atom. The topological polar surface area (TPSA) is 12.5 Å². The molecule has 1 heterocycles. The molecule has 3 aliphatic rings. The van der Waals surface area contributed by atoms with E-state index in [1.807, 2.05) is 6.07 Å². The molecule has 40 heavy (non-hydrogen) atoms. The molecule has 2 aliphatic carbocycles. The fourth-order valence-corrected chi connectivity index (χ4v) is 7.34. The second kappa shape index (κ2) is 11.9. The van der Waals surface area contributed by atoms with Crippen LogP contribution in [0.1, 0.15) is 87.4 Å². The summed E-state index contributed by atoms with van der Waals surface area (Å²) >= 11 is 0. The fraction of sp³-hybridized carbons (Fsp3) is 0.444. The lowest BCUT2D eigenvalue weighted by Crippen LogP contribution is -2.25. The first-order chi connectivity index (χ1) is 19.5. The number of allylic oxidation sites excluding steroid dienone is 1. The van der Waals surface area contributed by atoms with Crippen LogP contribution in [0.4, 0.5) is 13.2 Å². The largest absolute Gasteiger partial charge is 0.368 e. The maximum atomic E-state index is 15.3. The molecule has 0 amide bonds. The van der Waals surface area contributed by atoms with Crippen LogP contribution >= 0.6 is 0 Å². The summed E-state index contributed by atoms with van der Waals surface area (Å²) in [5, 5.41) is 0. The Morgan fingerprint density at radius 2 is 1.32 bits per heavy atom. The van der Waals surface area contributed by atoms with E-state index in [0.717, 1.165) is 48.1 Å². The number of hydrogen-bond donors (Lipinski definition) is 0. The van der Waals surface area contributed by atoms with Crippen LogP contribution in [0, 0.1) is 35.2 Å². The van der Waals surface area contributed by atoms with Crippen molar-refractivity contribution in [2.24, 2.45) is 17.8 Å². The maximum Gasteiger partial charge on any atom is 0.167 e.